The van der Waals surface area contributed by atoms with Crippen molar-refractivity contribution in [2.24, 2.45) is 0 Å². The van der Waals surface area contributed by atoms with Gasteiger partial charge in [0.2, 0.25) is 17.7 Å². The summed E-state index contributed by atoms with van der Waals surface area (Å²) in [5.74, 6) is -0.725. The molecule has 314 valence electrons. The predicted molar refractivity (Wildman–Crippen MR) is 224 cm³/mol. The van der Waals surface area contributed by atoms with Gasteiger partial charge in [0.15, 0.2) is 0 Å². The summed E-state index contributed by atoms with van der Waals surface area (Å²) in [6.07, 6.45) is -0.0343. The lowest BCUT2D eigenvalue weighted by Gasteiger charge is -2.27. The zero-order chi connectivity index (χ0) is 43.0. The van der Waals surface area contributed by atoms with Crippen molar-refractivity contribution in [2.75, 3.05) is 60.8 Å². The molecule has 2 amide bonds. The summed E-state index contributed by atoms with van der Waals surface area (Å²) in [7, 11) is -3.16. The molecule has 60 heavy (non-hydrogen) atoms. The van der Waals surface area contributed by atoms with Crippen LogP contribution >= 0.6 is 11.5 Å². The van der Waals surface area contributed by atoms with Gasteiger partial charge in [-0.15, -0.1) is 0 Å². The topological polar surface area (TPSA) is 209 Å². The molecular weight excluding hydrogens is 837 g/mol. The summed E-state index contributed by atoms with van der Waals surface area (Å²) in [5.41, 5.74) is 1.71. The molecule has 6 aromatic rings. The van der Waals surface area contributed by atoms with Gasteiger partial charge in [-0.25, -0.2) is 16.8 Å². The van der Waals surface area contributed by atoms with Crippen molar-refractivity contribution in [3.05, 3.63) is 119 Å². The maximum atomic E-state index is 14.3. The summed E-state index contributed by atoms with van der Waals surface area (Å²) in [6, 6.07) is 24.2. The number of carbonyl (C=O) groups is 2. The third kappa shape index (κ3) is 9.46. The molecule has 6 rings (SSSR count). The monoisotopic (exact) mass is 876 g/mol. The Balaban J connectivity index is 1.30. The van der Waals surface area contributed by atoms with Crippen LogP contribution in [0.3, 0.4) is 0 Å². The molecule has 0 aliphatic heterocycles. The van der Waals surface area contributed by atoms with Crippen LogP contribution in [-0.4, -0.2) is 79.7 Å². The molecule has 0 radical (unpaired) electrons. The van der Waals surface area contributed by atoms with Crippen molar-refractivity contribution >= 4 is 66.3 Å². The van der Waals surface area contributed by atoms with Gasteiger partial charge in [0, 0.05) is 35.6 Å². The van der Waals surface area contributed by atoms with Crippen LogP contribution in [0.2, 0.25) is 0 Å². The van der Waals surface area contributed by atoms with Gasteiger partial charge in [0.1, 0.15) is 36.1 Å². The summed E-state index contributed by atoms with van der Waals surface area (Å²) in [5, 5.41) is 11.0. The van der Waals surface area contributed by atoms with Gasteiger partial charge in [-0.05, 0) is 60.9 Å². The molecule has 0 bridgehead atoms. The fourth-order valence-electron chi connectivity index (χ4n) is 6.03. The van der Waals surface area contributed by atoms with Crippen molar-refractivity contribution in [2.45, 2.75) is 23.1 Å². The van der Waals surface area contributed by atoms with Crippen molar-refractivity contribution in [3.8, 4) is 23.0 Å². The van der Waals surface area contributed by atoms with E-state index in [9.17, 15) is 26.4 Å². The first kappa shape index (κ1) is 43.0. The van der Waals surface area contributed by atoms with E-state index in [0.29, 0.717) is 22.7 Å². The normalized spacial score (nSPS) is 11.3. The van der Waals surface area contributed by atoms with Gasteiger partial charge < -0.3 is 28.8 Å². The zero-order valence-electron chi connectivity index (χ0n) is 32.9. The smallest absolute Gasteiger partial charge is 0.264 e. The summed E-state index contributed by atoms with van der Waals surface area (Å²) in [6.45, 7) is 0.369. The first-order valence-corrected chi connectivity index (χ1v) is 21.6. The van der Waals surface area contributed by atoms with Gasteiger partial charge >= 0.3 is 0 Å². The average molecular weight is 877 g/mol. The summed E-state index contributed by atoms with van der Waals surface area (Å²) < 4.78 is 90.2. The SMILES string of the molecule is COc1ccc(OC)c(N(CC(=O)Nc2cc(Cc3cc(OC)cc(N(CC(=O)Nc4csnc4C)S(=O)(=O)c4ccccc4)c3OC)no2)S(=O)(=O)c2ccccc2)c1. The first-order chi connectivity index (χ1) is 28.8. The van der Waals surface area contributed by atoms with Crippen LogP contribution in [-0.2, 0) is 36.1 Å². The number of benzene rings is 4. The molecule has 20 heteroatoms. The van der Waals surface area contributed by atoms with Crippen molar-refractivity contribution < 1.29 is 49.9 Å². The highest BCUT2D eigenvalue weighted by Gasteiger charge is 2.33. The number of aromatic nitrogens is 2. The van der Waals surface area contributed by atoms with Crippen LogP contribution in [0.25, 0.3) is 0 Å². The Morgan fingerprint density at radius 2 is 1.28 bits per heavy atom. The molecule has 2 N–H and O–H groups in total. The minimum Gasteiger partial charge on any atom is -0.497 e. The van der Waals surface area contributed by atoms with E-state index in [4.69, 9.17) is 23.5 Å². The number of carbonyl (C=O) groups excluding carboxylic acids is 2. The largest absolute Gasteiger partial charge is 0.497 e. The Hall–Kier alpha value is -6.64. The van der Waals surface area contributed by atoms with E-state index in [1.165, 1.54) is 77.0 Å². The Bertz CT molecular complexity index is 2690. The van der Waals surface area contributed by atoms with E-state index >= 15 is 0 Å². The highest BCUT2D eigenvalue weighted by Crippen LogP contribution is 2.40. The molecule has 0 atom stereocenters. The van der Waals surface area contributed by atoms with Gasteiger partial charge in [0.25, 0.3) is 20.0 Å². The fraction of sp³-hybridized carbons (Fsp3) is 0.200. The third-order valence-electron chi connectivity index (χ3n) is 8.94. The lowest BCUT2D eigenvalue weighted by Crippen LogP contribution is -2.38. The Morgan fingerprint density at radius 3 is 1.83 bits per heavy atom. The van der Waals surface area contributed by atoms with Gasteiger partial charge in [-0.1, -0.05) is 41.6 Å². The van der Waals surface area contributed by atoms with Gasteiger partial charge in [-0.2, -0.15) is 4.37 Å². The average Bonchev–Trinajstić information content (AvgIpc) is 3.88. The van der Waals surface area contributed by atoms with E-state index in [1.807, 2.05) is 0 Å². The van der Waals surface area contributed by atoms with Crippen molar-refractivity contribution in [1.29, 1.82) is 0 Å². The van der Waals surface area contributed by atoms with E-state index in [2.05, 4.69) is 20.2 Å². The molecule has 0 aliphatic rings. The third-order valence-corrected chi connectivity index (χ3v) is 13.2. The maximum Gasteiger partial charge on any atom is 0.264 e. The second-order valence-electron chi connectivity index (χ2n) is 12.8. The number of sulfonamides is 2. The highest BCUT2D eigenvalue weighted by atomic mass is 32.2. The lowest BCUT2D eigenvalue weighted by molar-refractivity contribution is -0.115. The number of ether oxygens (including phenoxy) is 4. The van der Waals surface area contributed by atoms with Crippen molar-refractivity contribution in [1.82, 2.24) is 9.53 Å². The number of anilines is 4. The van der Waals surface area contributed by atoms with Crippen LogP contribution in [0.1, 0.15) is 17.0 Å². The fourth-order valence-corrected chi connectivity index (χ4v) is 9.56. The lowest BCUT2D eigenvalue weighted by atomic mass is 10.1. The minimum atomic E-state index is -4.38. The predicted octanol–water partition coefficient (Wildman–Crippen LogP) is 5.73. The molecule has 0 unspecified atom stereocenters. The number of methoxy groups -OCH3 is 4. The van der Waals surface area contributed by atoms with E-state index < -0.39 is 45.0 Å². The second-order valence-corrected chi connectivity index (χ2v) is 17.1. The van der Waals surface area contributed by atoms with E-state index in [-0.39, 0.29) is 56.4 Å². The number of amides is 2. The van der Waals surface area contributed by atoms with E-state index in [1.54, 1.807) is 60.8 Å². The molecule has 0 spiro atoms. The van der Waals surface area contributed by atoms with Crippen LogP contribution in [0.15, 0.2) is 117 Å². The summed E-state index contributed by atoms with van der Waals surface area (Å²) >= 11 is 1.14. The van der Waals surface area contributed by atoms with Crippen LogP contribution < -0.4 is 38.2 Å². The molecule has 2 heterocycles. The molecule has 0 fully saturated rings. The molecule has 4 aromatic carbocycles. The van der Waals surface area contributed by atoms with Crippen molar-refractivity contribution in [3.63, 3.8) is 0 Å². The van der Waals surface area contributed by atoms with Gasteiger partial charge in [-0.3, -0.25) is 23.5 Å². The first-order valence-electron chi connectivity index (χ1n) is 17.9. The van der Waals surface area contributed by atoms with E-state index in [0.717, 1.165) is 20.1 Å². The molecule has 0 saturated carbocycles. The number of nitrogens with zero attached hydrogens (tertiary/aromatic N) is 4. The zero-order valence-corrected chi connectivity index (χ0v) is 35.4. The number of hydrogen-bond acceptors (Lipinski definition) is 14. The Labute approximate surface area is 350 Å². The Morgan fingerprint density at radius 1 is 0.700 bits per heavy atom. The number of aryl methyl sites for hydroxylation is 1. The molecule has 0 saturated heterocycles. The molecular formula is C40H40N6O11S3. The molecule has 17 nitrogen and oxygen atoms in total. The van der Waals surface area contributed by atoms with Crippen LogP contribution in [0.5, 0.6) is 23.0 Å². The second kappa shape index (κ2) is 18.5. The minimum absolute atomic E-state index is 0.00396. The maximum absolute atomic E-state index is 14.3. The van der Waals surface area contributed by atoms with Crippen LogP contribution in [0.4, 0.5) is 22.9 Å². The number of nitrogens with one attached hydrogen (secondary N) is 2. The number of hydrogen-bond donors (Lipinski definition) is 2. The summed E-state index contributed by atoms with van der Waals surface area (Å²) in [4.78, 5) is 26.9. The highest BCUT2D eigenvalue weighted by molar-refractivity contribution is 7.93. The van der Waals surface area contributed by atoms with Crippen LogP contribution in [0, 0.1) is 6.92 Å². The standard InChI is InChI=1S/C40H40N6O11S3/c1-26-33(25-58-44-26)41-37(47)23-46(60(51,52)32-14-10-7-11-15-32)35-22-30(54-3)19-27(40(35)56-5)18-28-20-39(57-43-28)42-38(48)24-45(59(49,50)31-12-8-6-9-13-31)34-21-29(53-2)16-17-36(34)55-4/h6-17,19-22,25H,18,23-24H2,1-5H3,(H,41,47)(H,42,48). The van der Waals surface area contributed by atoms with Gasteiger partial charge in [0.05, 0.1) is 66.7 Å². The molecule has 2 aromatic heterocycles. The number of rotatable bonds is 18. The quantitative estimate of drug-likeness (QED) is 0.106. The molecule has 0 aliphatic carbocycles. The Kier molecular flexibility index (Phi) is 13.3.